The van der Waals surface area contributed by atoms with Gasteiger partial charge in [0.1, 0.15) is 0 Å². The molecule has 108 valence electrons. The molecule has 0 aromatic carbocycles. The molecule has 18 heavy (non-hydrogen) atoms. The van der Waals surface area contributed by atoms with Crippen molar-refractivity contribution in [1.82, 2.24) is 15.5 Å². The van der Waals surface area contributed by atoms with Crippen LogP contribution in [0.25, 0.3) is 0 Å². The molecule has 0 fully saturated rings. The summed E-state index contributed by atoms with van der Waals surface area (Å²) in [5.41, 5.74) is 0. The Kier molecular flexibility index (Phi) is 9.02. The highest BCUT2D eigenvalue weighted by Crippen LogP contribution is 1.98. The monoisotopic (exact) mass is 257 g/mol. The SMILES string of the molecule is CC(C)CCNC(=O)C(C)NC(C)CCN(C)C. The van der Waals surface area contributed by atoms with E-state index in [1.165, 1.54) is 0 Å². The van der Waals surface area contributed by atoms with Crippen molar-refractivity contribution in [3.63, 3.8) is 0 Å². The van der Waals surface area contributed by atoms with Gasteiger partial charge in [-0.2, -0.15) is 0 Å². The summed E-state index contributed by atoms with van der Waals surface area (Å²) in [6.45, 7) is 10.2. The van der Waals surface area contributed by atoms with Crippen molar-refractivity contribution in [3.05, 3.63) is 0 Å². The molecule has 1 amide bonds. The van der Waals surface area contributed by atoms with Crippen LogP contribution in [0.2, 0.25) is 0 Å². The number of nitrogens with one attached hydrogen (secondary N) is 2. The molecule has 0 aromatic rings. The number of carbonyl (C=O) groups is 1. The molecule has 0 bridgehead atoms. The zero-order valence-corrected chi connectivity index (χ0v) is 12.9. The van der Waals surface area contributed by atoms with Crippen LogP contribution in [0, 0.1) is 5.92 Å². The van der Waals surface area contributed by atoms with Gasteiger partial charge in [-0.05, 0) is 53.2 Å². The van der Waals surface area contributed by atoms with Crippen LogP contribution in [0.4, 0.5) is 0 Å². The summed E-state index contributed by atoms with van der Waals surface area (Å²) in [4.78, 5) is 14.0. The largest absolute Gasteiger partial charge is 0.355 e. The first-order valence-electron chi connectivity index (χ1n) is 7.01. The zero-order chi connectivity index (χ0) is 14.1. The minimum absolute atomic E-state index is 0.104. The number of hydrogen-bond donors (Lipinski definition) is 2. The van der Waals surface area contributed by atoms with Crippen LogP contribution in [-0.4, -0.2) is 50.1 Å². The Morgan fingerprint density at radius 2 is 1.72 bits per heavy atom. The number of nitrogens with zero attached hydrogens (tertiary/aromatic N) is 1. The molecule has 2 atom stereocenters. The fourth-order valence-corrected chi connectivity index (χ4v) is 1.67. The van der Waals surface area contributed by atoms with E-state index in [1.54, 1.807) is 0 Å². The lowest BCUT2D eigenvalue weighted by atomic mass is 10.1. The summed E-state index contributed by atoms with van der Waals surface area (Å²) in [5, 5.41) is 6.31. The van der Waals surface area contributed by atoms with E-state index < -0.39 is 0 Å². The van der Waals surface area contributed by atoms with Gasteiger partial charge in [-0.3, -0.25) is 4.79 Å². The van der Waals surface area contributed by atoms with Gasteiger partial charge < -0.3 is 15.5 Å². The first-order chi connectivity index (χ1) is 8.32. The summed E-state index contributed by atoms with van der Waals surface area (Å²) < 4.78 is 0. The number of amides is 1. The van der Waals surface area contributed by atoms with Crippen LogP contribution < -0.4 is 10.6 Å². The molecular weight excluding hydrogens is 226 g/mol. The van der Waals surface area contributed by atoms with Gasteiger partial charge in [-0.15, -0.1) is 0 Å². The van der Waals surface area contributed by atoms with Crippen molar-refractivity contribution in [3.8, 4) is 0 Å². The van der Waals surface area contributed by atoms with Crippen LogP contribution in [0.5, 0.6) is 0 Å². The molecule has 4 nitrogen and oxygen atoms in total. The summed E-state index contributed by atoms with van der Waals surface area (Å²) >= 11 is 0. The predicted molar refractivity (Wildman–Crippen MR) is 77.7 cm³/mol. The van der Waals surface area contributed by atoms with Crippen molar-refractivity contribution in [1.29, 1.82) is 0 Å². The Balaban J connectivity index is 3.78. The Hall–Kier alpha value is -0.610. The lowest BCUT2D eigenvalue weighted by Gasteiger charge is -2.21. The van der Waals surface area contributed by atoms with Gasteiger partial charge in [0, 0.05) is 12.6 Å². The first-order valence-corrected chi connectivity index (χ1v) is 7.01. The number of carbonyl (C=O) groups excluding carboxylic acids is 1. The third kappa shape index (κ3) is 9.42. The Morgan fingerprint density at radius 3 is 2.22 bits per heavy atom. The van der Waals surface area contributed by atoms with Crippen LogP contribution >= 0.6 is 0 Å². The van der Waals surface area contributed by atoms with Crippen LogP contribution in [0.3, 0.4) is 0 Å². The summed E-state index contributed by atoms with van der Waals surface area (Å²) in [6.07, 6.45) is 2.09. The zero-order valence-electron chi connectivity index (χ0n) is 12.9. The average molecular weight is 257 g/mol. The second-order valence-corrected chi connectivity index (χ2v) is 5.85. The molecule has 0 saturated carbocycles. The van der Waals surface area contributed by atoms with E-state index in [2.05, 4.69) is 50.4 Å². The van der Waals surface area contributed by atoms with Crippen molar-refractivity contribution < 1.29 is 4.79 Å². The van der Waals surface area contributed by atoms with Crippen LogP contribution in [0.1, 0.15) is 40.5 Å². The molecular formula is C14H31N3O. The molecule has 0 heterocycles. The first kappa shape index (κ1) is 17.4. The van der Waals surface area contributed by atoms with E-state index in [9.17, 15) is 4.79 Å². The molecule has 0 saturated heterocycles. The van der Waals surface area contributed by atoms with E-state index >= 15 is 0 Å². The fourth-order valence-electron chi connectivity index (χ4n) is 1.67. The predicted octanol–water partition coefficient (Wildman–Crippen LogP) is 1.47. The van der Waals surface area contributed by atoms with Crippen molar-refractivity contribution >= 4 is 5.91 Å². The maximum absolute atomic E-state index is 11.8. The van der Waals surface area contributed by atoms with Gasteiger partial charge in [0.05, 0.1) is 6.04 Å². The molecule has 0 aliphatic rings. The Bertz CT molecular complexity index is 229. The minimum atomic E-state index is -0.116. The van der Waals surface area contributed by atoms with Gasteiger partial charge in [0.25, 0.3) is 0 Å². The van der Waals surface area contributed by atoms with E-state index in [0.29, 0.717) is 12.0 Å². The summed E-state index contributed by atoms with van der Waals surface area (Å²) in [6, 6.07) is 0.243. The average Bonchev–Trinajstić information content (AvgIpc) is 2.25. The summed E-state index contributed by atoms with van der Waals surface area (Å²) in [7, 11) is 4.13. The van der Waals surface area contributed by atoms with Gasteiger partial charge in [0.2, 0.25) is 5.91 Å². The van der Waals surface area contributed by atoms with Gasteiger partial charge in [-0.25, -0.2) is 0 Å². The molecule has 0 aliphatic heterocycles. The van der Waals surface area contributed by atoms with Crippen molar-refractivity contribution in [2.75, 3.05) is 27.2 Å². The van der Waals surface area contributed by atoms with Crippen molar-refractivity contribution in [2.45, 2.75) is 52.6 Å². The second-order valence-electron chi connectivity index (χ2n) is 5.85. The van der Waals surface area contributed by atoms with Crippen molar-refractivity contribution in [2.24, 2.45) is 5.92 Å². The highest BCUT2D eigenvalue weighted by Gasteiger charge is 2.14. The summed E-state index contributed by atoms with van der Waals surface area (Å²) in [5.74, 6) is 0.736. The Morgan fingerprint density at radius 1 is 1.11 bits per heavy atom. The van der Waals surface area contributed by atoms with Crippen LogP contribution in [0.15, 0.2) is 0 Å². The standard InChI is InChI=1S/C14H31N3O/c1-11(2)7-9-15-14(18)13(4)16-12(3)8-10-17(5)6/h11-13,16H,7-10H2,1-6H3,(H,15,18). The molecule has 0 aliphatic carbocycles. The molecule has 0 radical (unpaired) electrons. The highest BCUT2D eigenvalue weighted by atomic mass is 16.2. The minimum Gasteiger partial charge on any atom is -0.355 e. The van der Waals surface area contributed by atoms with Crippen LogP contribution in [-0.2, 0) is 4.79 Å². The smallest absolute Gasteiger partial charge is 0.236 e. The molecule has 0 spiro atoms. The Labute approximate surface area is 113 Å². The maximum Gasteiger partial charge on any atom is 0.236 e. The molecule has 0 aromatic heterocycles. The third-order valence-corrected chi connectivity index (χ3v) is 2.96. The normalized spacial score (nSPS) is 14.9. The lowest BCUT2D eigenvalue weighted by molar-refractivity contribution is -0.122. The molecule has 0 rings (SSSR count). The van der Waals surface area contributed by atoms with E-state index in [4.69, 9.17) is 0 Å². The van der Waals surface area contributed by atoms with E-state index in [0.717, 1.165) is 25.9 Å². The van der Waals surface area contributed by atoms with Gasteiger partial charge >= 0.3 is 0 Å². The third-order valence-electron chi connectivity index (χ3n) is 2.96. The van der Waals surface area contributed by atoms with E-state index in [-0.39, 0.29) is 11.9 Å². The number of hydrogen-bond acceptors (Lipinski definition) is 3. The quantitative estimate of drug-likeness (QED) is 0.657. The fraction of sp³-hybridized carbons (Fsp3) is 0.929. The van der Waals surface area contributed by atoms with Gasteiger partial charge in [0.15, 0.2) is 0 Å². The molecule has 4 heteroatoms. The van der Waals surface area contributed by atoms with Gasteiger partial charge in [-0.1, -0.05) is 13.8 Å². The second kappa shape index (κ2) is 9.34. The maximum atomic E-state index is 11.8. The highest BCUT2D eigenvalue weighted by molar-refractivity contribution is 5.81. The number of rotatable bonds is 9. The van der Waals surface area contributed by atoms with E-state index in [1.807, 2.05) is 6.92 Å². The lowest BCUT2D eigenvalue weighted by Crippen LogP contribution is -2.46. The molecule has 2 N–H and O–H groups in total. The topological polar surface area (TPSA) is 44.4 Å². The molecule has 2 unspecified atom stereocenters.